The van der Waals surface area contributed by atoms with Crippen LogP contribution in [0.3, 0.4) is 0 Å². The van der Waals surface area contributed by atoms with Gasteiger partial charge >= 0.3 is 5.97 Å². The highest BCUT2D eigenvalue weighted by Gasteiger charge is 2.16. The first-order chi connectivity index (χ1) is 7.76. The van der Waals surface area contributed by atoms with Gasteiger partial charge in [-0.1, -0.05) is 52.9 Å². The molecule has 0 bridgehead atoms. The van der Waals surface area contributed by atoms with Gasteiger partial charge in [-0.2, -0.15) is 0 Å². The van der Waals surface area contributed by atoms with Gasteiger partial charge in [0.1, 0.15) is 0 Å². The van der Waals surface area contributed by atoms with Crippen molar-refractivity contribution in [2.45, 2.75) is 72.1 Å². The molecule has 0 N–H and O–H groups in total. The molecule has 0 fully saturated rings. The van der Waals surface area contributed by atoms with Gasteiger partial charge in [0, 0.05) is 0 Å². The smallest absolute Gasteiger partial charge is 0.308 e. The van der Waals surface area contributed by atoms with E-state index < -0.39 is 0 Å². The van der Waals surface area contributed by atoms with Crippen molar-refractivity contribution >= 4 is 5.97 Å². The molecule has 0 rings (SSSR count). The van der Waals surface area contributed by atoms with E-state index in [4.69, 9.17) is 4.74 Å². The van der Waals surface area contributed by atoms with Crippen LogP contribution in [0, 0.1) is 5.92 Å². The molecule has 0 amide bonds. The summed E-state index contributed by atoms with van der Waals surface area (Å²) in [4.78, 5) is 11.6. The van der Waals surface area contributed by atoms with Crippen LogP contribution in [-0.4, -0.2) is 12.6 Å². The van der Waals surface area contributed by atoms with E-state index in [1.165, 1.54) is 32.1 Å². The van der Waals surface area contributed by atoms with Gasteiger partial charge in [0.05, 0.1) is 12.5 Å². The van der Waals surface area contributed by atoms with E-state index >= 15 is 0 Å². The number of hydrogen-bond acceptors (Lipinski definition) is 2. The summed E-state index contributed by atoms with van der Waals surface area (Å²) in [5.41, 5.74) is 0. The molecule has 0 saturated heterocycles. The number of carbonyl (C=O) groups is 1. The minimum absolute atomic E-state index is 0.0137. The number of rotatable bonds is 10. The average Bonchev–Trinajstić information content (AvgIpc) is 2.31. The first-order valence-corrected chi connectivity index (χ1v) is 6.92. The minimum Gasteiger partial charge on any atom is -0.465 e. The Bertz CT molecular complexity index is 166. The number of unbranched alkanes of at least 4 members (excludes halogenated alkanes) is 4. The van der Waals surface area contributed by atoms with Gasteiger partial charge in [-0.15, -0.1) is 0 Å². The molecule has 1 unspecified atom stereocenters. The lowest BCUT2D eigenvalue weighted by molar-refractivity contribution is -0.149. The maximum atomic E-state index is 11.6. The van der Waals surface area contributed by atoms with E-state index in [0.717, 1.165) is 19.3 Å². The van der Waals surface area contributed by atoms with Crippen LogP contribution in [0.4, 0.5) is 0 Å². The third-order valence-electron chi connectivity index (χ3n) is 2.93. The first-order valence-electron chi connectivity index (χ1n) is 6.92. The summed E-state index contributed by atoms with van der Waals surface area (Å²) in [6.07, 6.45) is 9.15. The second-order valence-corrected chi connectivity index (χ2v) is 4.48. The maximum Gasteiger partial charge on any atom is 0.308 e. The summed E-state index contributed by atoms with van der Waals surface area (Å²) in [5, 5.41) is 0. The number of carbonyl (C=O) groups excluding carboxylic acids is 1. The SMILES string of the molecule is CCCCCCCC(CC)C(=O)OCCC. The van der Waals surface area contributed by atoms with Crippen LogP contribution in [0.25, 0.3) is 0 Å². The van der Waals surface area contributed by atoms with Crippen molar-refractivity contribution in [2.75, 3.05) is 6.61 Å². The Labute approximate surface area is 101 Å². The van der Waals surface area contributed by atoms with Crippen molar-refractivity contribution < 1.29 is 9.53 Å². The predicted octanol–water partition coefficient (Wildman–Crippen LogP) is 4.33. The summed E-state index contributed by atoms with van der Waals surface area (Å²) in [6.45, 7) is 6.89. The fourth-order valence-electron chi connectivity index (χ4n) is 1.80. The summed E-state index contributed by atoms with van der Waals surface area (Å²) in [7, 11) is 0. The molecule has 1 atom stereocenters. The van der Waals surface area contributed by atoms with E-state index in [1.54, 1.807) is 0 Å². The molecule has 2 heteroatoms. The Morgan fingerprint density at radius 2 is 1.69 bits per heavy atom. The highest BCUT2D eigenvalue weighted by molar-refractivity contribution is 5.72. The maximum absolute atomic E-state index is 11.6. The molecular formula is C14H28O2. The number of esters is 1. The molecule has 2 nitrogen and oxygen atoms in total. The van der Waals surface area contributed by atoms with E-state index in [9.17, 15) is 4.79 Å². The standard InChI is InChI=1S/C14H28O2/c1-4-7-8-9-10-11-13(6-3)14(15)16-12-5-2/h13H,4-12H2,1-3H3. The monoisotopic (exact) mass is 228 g/mol. The Balaban J connectivity index is 3.61. The Kier molecular flexibility index (Phi) is 10.6. The van der Waals surface area contributed by atoms with Gasteiger partial charge in [-0.25, -0.2) is 0 Å². The quantitative estimate of drug-likeness (QED) is 0.411. The zero-order chi connectivity index (χ0) is 12.2. The first kappa shape index (κ1) is 15.5. The number of hydrogen-bond donors (Lipinski definition) is 0. The number of ether oxygens (including phenoxy) is 1. The lowest BCUT2D eigenvalue weighted by Gasteiger charge is -2.13. The summed E-state index contributed by atoms with van der Waals surface area (Å²) < 4.78 is 5.18. The van der Waals surface area contributed by atoms with Gasteiger partial charge in [0.25, 0.3) is 0 Å². The van der Waals surface area contributed by atoms with Crippen molar-refractivity contribution in [3.05, 3.63) is 0 Å². The van der Waals surface area contributed by atoms with Crippen LogP contribution in [0.5, 0.6) is 0 Å². The molecule has 96 valence electrons. The average molecular weight is 228 g/mol. The second kappa shape index (κ2) is 11.0. The molecule has 0 aromatic rings. The molecule has 0 aromatic carbocycles. The third-order valence-corrected chi connectivity index (χ3v) is 2.93. The zero-order valence-electron chi connectivity index (χ0n) is 11.3. The van der Waals surface area contributed by atoms with E-state index in [2.05, 4.69) is 13.8 Å². The molecule has 0 radical (unpaired) electrons. The Morgan fingerprint density at radius 3 is 2.25 bits per heavy atom. The van der Waals surface area contributed by atoms with Crippen molar-refractivity contribution in [3.8, 4) is 0 Å². The molecule has 0 heterocycles. The highest BCUT2D eigenvalue weighted by Crippen LogP contribution is 2.16. The van der Waals surface area contributed by atoms with Crippen LogP contribution >= 0.6 is 0 Å². The highest BCUT2D eigenvalue weighted by atomic mass is 16.5. The van der Waals surface area contributed by atoms with Gasteiger partial charge in [0.15, 0.2) is 0 Å². The van der Waals surface area contributed by atoms with Crippen molar-refractivity contribution in [1.29, 1.82) is 0 Å². The van der Waals surface area contributed by atoms with Crippen LogP contribution < -0.4 is 0 Å². The molecule has 0 aromatic heterocycles. The fraction of sp³-hybridized carbons (Fsp3) is 0.929. The van der Waals surface area contributed by atoms with E-state index in [-0.39, 0.29) is 11.9 Å². The lowest BCUT2D eigenvalue weighted by atomic mass is 9.98. The largest absolute Gasteiger partial charge is 0.465 e. The zero-order valence-corrected chi connectivity index (χ0v) is 11.3. The second-order valence-electron chi connectivity index (χ2n) is 4.48. The van der Waals surface area contributed by atoms with Crippen molar-refractivity contribution in [1.82, 2.24) is 0 Å². The molecule has 0 aliphatic rings. The molecule has 16 heavy (non-hydrogen) atoms. The van der Waals surface area contributed by atoms with E-state index in [1.807, 2.05) is 6.92 Å². The van der Waals surface area contributed by atoms with Gasteiger partial charge < -0.3 is 4.74 Å². The van der Waals surface area contributed by atoms with Crippen LogP contribution in [0.2, 0.25) is 0 Å². The molecule has 0 aliphatic heterocycles. The van der Waals surface area contributed by atoms with Crippen molar-refractivity contribution in [3.63, 3.8) is 0 Å². The third kappa shape index (κ3) is 7.72. The summed E-state index contributed by atoms with van der Waals surface area (Å²) >= 11 is 0. The van der Waals surface area contributed by atoms with E-state index in [0.29, 0.717) is 6.61 Å². The molecular weight excluding hydrogens is 200 g/mol. The van der Waals surface area contributed by atoms with Gasteiger partial charge in [-0.3, -0.25) is 4.79 Å². The normalized spacial score (nSPS) is 12.4. The molecule has 0 aliphatic carbocycles. The van der Waals surface area contributed by atoms with Crippen LogP contribution in [0.1, 0.15) is 72.1 Å². The molecule has 0 saturated carbocycles. The Morgan fingerprint density at radius 1 is 1.00 bits per heavy atom. The Hall–Kier alpha value is -0.530. The molecule has 0 spiro atoms. The minimum atomic E-state index is 0.0137. The van der Waals surface area contributed by atoms with Gasteiger partial charge in [-0.05, 0) is 19.3 Å². The predicted molar refractivity (Wildman–Crippen MR) is 68.4 cm³/mol. The summed E-state index contributed by atoms with van der Waals surface area (Å²) in [5.74, 6) is 0.146. The van der Waals surface area contributed by atoms with Crippen LogP contribution in [0.15, 0.2) is 0 Å². The lowest BCUT2D eigenvalue weighted by Crippen LogP contribution is -2.17. The van der Waals surface area contributed by atoms with Gasteiger partial charge in [0.2, 0.25) is 0 Å². The topological polar surface area (TPSA) is 26.3 Å². The fourth-order valence-corrected chi connectivity index (χ4v) is 1.80. The summed E-state index contributed by atoms with van der Waals surface area (Å²) in [6, 6.07) is 0. The van der Waals surface area contributed by atoms with Crippen molar-refractivity contribution in [2.24, 2.45) is 5.92 Å². The van der Waals surface area contributed by atoms with Crippen LogP contribution in [-0.2, 0) is 9.53 Å².